The molecule has 0 aromatic rings. The first kappa shape index (κ1) is 14.3. The molecule has 4 heteroatoms. The van der Waals surface area contributed by atoms with E-state index in [9.17, 15) is 0 Å². The number of hydrazine groups is 1. The van der Waals surface area contributed by atoms with Gasteiger partial charge in [0.25, 0.3) is 0 Å². The van der Waals surface area contributed by atoms with Crippen molar-refractivity contribution < 1.29 is 0 Å². The molecule has 1 aliphatic rings. The summed E-state index contributed by atoms with van der Waals surface area (Å²) in [5.74, 6) is 6.21. The first-order chi connectivity index (χ1) is 8.20. The minimum atomic E-state index is 0.382. The zero-order valence-corrected chi connectivity index (χ0v) is 11.4. The third-order valence-electron chi connectivity index (χ3n) is 3.64. The summed E-state index contributed by atoms with van der Waals surface area (Å²) in [5, 5.41) is 3.24. The highest BCUT2D eigenvalue weighted by atomic mass is 15.3. The first-order valence-corrected chi connectivity index (χ1v) is 6.95. The van der Waals surface area contributed by atoms with E-state index in [0.717, 1.165) is 25.5 Å². The Balaban J connectivity index is 2.36. The van der Waals surface area contributed by atoms with Gasteiger partial charge in [0.1, 0.15) is 0 Å². The summed E-state index contributed by atoms with van der Waals surface area (Å²) < 4.78 is 0. The van der Waals surface area contributed by atoms with Crippen molar-refractivity contribution >= 4 is 5.96 Å². The van der Waals surface area contributed by atoms with Crippen molar-refractivity contribution in [3.63, 3.8) is 0 Å². The summed E-state index contributed by atoms with van der Waals surface area (Å²) in [5.41, 5.74) is 3.04. The highest BCUT2D eigenvalue weighted by Gasteiger charge is 2.26. The van der Waals surface area contributed by atoms with Crippen molar-refractivity contribution in [1.29, 1.82) is 0 Å². The SMILES string of the molecule is CCCCNC(=NCC1(C)CCCCC1)NN. The summed E-state index contributed by atoms with van der Waals surface area (Å²) in [6.45, 7) is 6.34. The normalized spacial score (nSPS) is 20.1. The Morgan fingerprint density at radius 3 is 2.59 bits per heavy atom. The molecular formula is C13H28N4. The molecule has 0 amide bonds. The molecule has 0 heterocycles. The summed E-state index contributed by atoms with van der Waals surface area (Å²) in [7, 11) is 0. The fourth-order valence-corrected chi connectivity index (χ4v) is 2.37. The highest BCUT2D eigenvalue weighted by molar-refractivity contribution is 5.79. The van der Waals surface area contributed by atoms with Gasteiger partial charge in [-0.1, -0.05) is 39.5 Å². The second kappa shape index (κ2) is 7.54. The number of nitrogens with one attached hydrogen (secondary N) is 2. The average molecular weight is 240 g/mol. The predicted octanol–water partition coefficient (Wildman–Crippen LogP) is 2.17. The monoisotopic (exact) mass is 240 g/mol. The van der Waals surface area contributed by atoms with Crippen LogP contribution in [0.2, 0.25) is 0 Å². The topological polar surface area (TPSA) is 62.4 Å². The van der Waals surface area contributed by atoms with E-state index < -0.39 is 0 Å². The van der Waals surface area contributed by atoms with Crippen LogP contribution < -0.4 is 16.6 Å². The largest absolute Gasteiger partial charge is 0.355 e. The van der Waals surface area contributed by atoms with Crippen molar-refractivity contribution in [2.24, 2.45) is 16.3 Å². The van der Waals surface area contributed by atoms with Crippen LogP contribution in [0.4, 0.5) is 0 Å². The molecule has 1 rings (SSSR count). The Morgan fingerprint density at radius 1 is 1.29 bits per heavy atom. The Kier molecular flexibility index (Phi) is 6.34. The van der Waals surface area contributed by atoms with Gasteiger partial charge in [-0.2, -0.15) is 0 Å². The number of hydrogen-bond donors (Lipinski definition) is 3. The second-order valence-electron chi connectivity index (χ2n) is 5.46. The summed E-state index contributed by atoms with van der Waals surface area (Å²) in [6.07, 6.45) is 9.00. The van der Waals surface area contributed by atoms with E-state index in [-0.39, 0.29) is 0 Å². The van der Waals surface area contributed by atoms with Gasteiger partial charge in [0, 0.05) is 13.1 Å². The highest BCUT2D eigenvalue weighted by Crippen LogP contribution is 2.35. The molecule has 4 N–H and O–H groups in total. The van der Waals surface area contributed by atoms with E-state index in [1.165, 1.54) is 38.5 Å². The van der Waals surface area contributed by atoms with Crippen LogP contribution in [-0.4, -0.2) is 19.0 Å². The minimum Gasteiger partial charge on any atom is -0.355 e. The molecule has 0 saturated heterocycles. The van der Waals surface area contributed by atoms with Gasteiger partial charge in [0.2, 0.25) is 5.96 Å². The fraction of sp³-hybridized carbons (Fsp3) is 0.923. The molecule has 0 bridgehead atoms. The van der Waals surface area contributed by atoms with E-state index in [1.54, 1.807) is 0 Å². The van der Waals surface area contributed by atoms with Gasteiger partial charge >= 0.3 is 0 Å². The second-order valence-corrected chi connectivity index (χ2v) is 5.46. The van der Waals surface area contributed by atoms with Gasteiger partial charge in [-0.25, -0.2) is 5.84 Å². The summed E-state index contributed by atoms with van der Waals surface area (Å²) >= 11 is 0. The molecule has 0 radical (unpaired) electrons. The standard InChI is InChI=1S/C13H28N4/c1-3-4-10-15-12(17-14)16-11-13(2)8-6-5-7-9-13/h3-11,14H2,1-2H3,(H2,15,16,17). The van der Waals surface area contributed by atoms with Gasteiger partial charge in [0.15, 0.2) is 0 Å². The molecular weight excluding hydrogens is 212 g/mol. The predicted molar refractivity (Wildman–Crippen MR) is 73.7 cm³/mol. The van der Waals surface area contributed by atoms with E-state index in [0.29, 0.717) is 5.41 Å². The van der Waals surface area contributed by atoms with Crippen LogP contribution in [0.15, 0.2) is 4.99 Å². The zero-order valence-electron chi connectivity index (χ0n) is 11.4. The van der Waals surface area contributed by atoms with Crippen LogP contribution in [0.25, 0.3) is 0 Å². The maximum absolute atomic E-state index is 5.47. The third-order valence-corrected chi connectivity index (χ3v) is 3.64. The average Bonchev–Trinajstić information content (AvgIpc) is 2.34. The van der Waals surface area contributed by atoms with Crippen molar-refractivity contribution in [2.45, 2.75) is 58.8 Å². The number of rotatable bonds is 5. The van der Waals surface area contributed by atoms with Gasteiger partial charge in [0.05, 0.1) is 0 Å². The number of nitrogens with zero attached hydrogens (tertiary/aromatic N) is 1. The molecule has 0 aromatic carbocycles. The number of nitrogens with two attached hydrogens (primary N) is 1. The van der Waals surface area contributed by atoms with Crippen molar-refractivity contribution in [2.75, 3.05) is 13.1 Å². The van der Waals surface area contributed by atoms with Gasteiger partial charge in [-0.3, -0.25) is 10.4 Å². The molecule has 1 aliphatic carbocycles. The molecule has 17 heavy (non-hydrogen) atoms. The molecule has 1 saturated carbocycles. The smallest absolute Gasteiger partial charge is 0.205 e. The summed E-state index contributed by atoms with van der Waals surface area (Å²) in [4.78, 5) is 4.58. The van der Waals surface area contributed by atoms with Crippen molar-refractivity contribution in [1.82, 2.24) is 10.7 Å². The Morgan fingerprint density at radius 2 is 2.00 bits per heavy atom. The van der Waals surface area contributed by atoms with Crippen molar-refractivity contribution in [3.8, 4) is 0 Å². The van der Waals surface area contributed by atoms with Gasteiger partial charge in [-0.05, 0) is 24.7 Å². The Bertz CT molecular complexity index is 232. The van der Waals surface area contributed by atoms with Crippen LogP contribution in [0.3, 0.4) is 0 Å². The summed E-state index contributed by atoms with van der Waals surface area (Å²) in [6, 6.07) is 0. The molecule has 100 valence electrons. The quantitative estimate of drug-likeness (QED) is 0.227. The molecule has 0 aromatic heterocycles. The minimum absolute atomic E-state index is 0.382. The number of unbranched alkanes of at least 4 members (excludes halogenated alkanes) is 1. The Labute approximate surface area is 105 Å². The number of hydrogen-bond acceptors (Lipinski definition) is 2. The molecule has 0 atom stereocenters. The zero-order chi connectivity index (χ0) is 12.6. The van der Waals surface area contributed by atoms with Crippen LogP contribution >= 0.6 is 0 Å². The maximum atomic E-state index is 5.47. The lowest BCUT2D eigenvalue weighted by Crippen LogP contribution is -2.42. The first-order valence-electron chi connectivity index (χ1n) is 6.95. The number of aliphatic imine (C=N–C) groups is 1. The fourth-order valence-electron chi connectivity index (χ4n) is 2.37. The van der Waals surface area contributed by atoms with E-state index in [1.807, 2.05) is 0 Å². The molecule has 1 fully saturated rings. The molecule has 0 aliphatic heterocycles. The van der Waals surface area contributed by atoms with Crippen LogP contribution in [-0.2, 0) is 0 Å². The van der Waals surface area contributed by atoms with Gasteiger partial charge < -0.3 is 5.32 Å². The lowest BCUT2D eigenvalue weighted by Gasteiger charge is -2.32. The molecule has 0 spiro atoms. The lowest BCUT2D eigenvalue weighted by atomic mass is 9.76. The third kappa shape index (κ3) is 5.39. The van der Waals surface area contributed by atoms with Gasteiger partial charge in [-0.15, -0.1) is 0 Å². The van der Waals surface area contributed by atoms with Crippen molar-refractivity contribution in [3.05, 3.63) is 0 Å². The number of guanidine groups is 1. The van der Waals surface area contributed by atoms with E-state index in [4.69, 9.17) is 5.84 Å². The maximum Gasteiger partial charge on any atom is 0.205 e. The van der Waals surface area contributed by atoms with Crippen LogP contribution in [0.1, 0.15) is 58.8 Å². The Hall–Kier alpha value is -0.770. The van der Waals surface area contributed by atoms with Crippen LogP contribution in [0, 0.1) is 5.41 Å². The molecule has 0 unspecified atom stereocenters. The van der Waals surface area contributed by atoms with Crippen LogP contribution in [0.5, 0.6) is 0 Å². The lowest BCUT2D eigenvalue weighted by molar-refractivity contribution is 0.226. The van der Waals surface area contributed by atoms with E-state index >= 15 is 0 Å². The molecule has 4 nitrogen and oxygen atoms in total. The van der Waals surface area contributed by atoms with E-state index in [2.05, 4.69) is 29.6 Å².